The Kier molecular flexibility index (Phi) is 4.85. The van der Waals surface area contributed by atoms with Crippen LogP contribution >= 0.6 is 0 Å². The normalized spacial score (nSPS) is 32.2. The number of likely N-dealkylation sites (N-methyl/N-ethyl adjacent to an activating group) is 2. The fourth-order valence-electron chi connectivity index (χ4n) is 3.42. The summed E-state index contributed by atoms with van der Waals surface area (Å²) in [4.78, 5) is 16.7. The van der Waals surface area contributed by atoms with Gasteiger partial charge in [0.1, 0.15) is 0 Å². The number of nitrogens with one attached hydrogen (secondary N) is 1. The van der Waals surface area contributed by atoms with E-state index in [9.17, 15) is 4.79 Å². The topological polar surface area (TPSA) is 35.6 Å². The van der Waals surface area contributed by atoms with Gasteiger partial charge in [0, 0.05) is 31.7 Å². The number of likely N-dealkylation sites (tertiary alicyclic amines) is 1. The third-order valence-corrected chi connectivity index (χ3v) is 4.69. The summed E-state index contributed by atoms with van der Waals surface area (Å²) < 4.78 is 0. The summed E-state index contributed by atoms with van der Waals surface area (Å²) in [5.41, 5.74) is 0. The summed E-state index contributed by atoms with van der Waals surface area (Å²) >= 11 is 0. The highest BCUT2D eigenvalue weighted by Crippen LogP contribution is 2.25. The van der Waals surface area contributed by atoms with Gasteiger partial charge in [-0.1, -0.05) is 26.7 Å². The monoisotopic (exact) mass is 267 g/mol. The molecule has 110 valence electrons. The van der Waals surface area contributed by atoms with Gasteiger partial charge in [0.2, 0.25) is 5.91 Å². The van der Waals surface area contributed by atoms with Crippen LogP contribution in [0.4, 0.5) is 0 Å². The van der Waals surface area contributed by atoms with E-state index in [4.69, 9.17) is 0 Å². The van der Waals surface area contributed by atoms with Crippen LogP contribution in [-0.2, 0) is 4.79 Å². The number of hydrogen-bond donors (Lipinski definition) is 1. The Morgan fingerprint density at radius 1 is 1.26 bits per heavy atom. The van der Waals surface area contributed by atoms with E-state index in [1.54, 1.807) is 0 Å². The molecule has 2 aliphatic rings. The number of carbonyl (C=O) groups excluding carboxylic acids is 1. The largest absolute Gasteiger partial charge is 0.340 e. The molecule has 1 saturated carbocycles. The van der Waals surface area contributed by atoms with Crippen LogP contribution in [0, 0.1) is 0 Å². The smallest absolute Gasteiger partial charge is 0.240 e. The minimum absolute atomic E-state index is 0.131. The van der Waals surface area contributed by atoms with Crippen molar-refractivity contribution in [1.82, 2.24) is 15.1 Å². The van der Waals surface area contributed by atoms with Gasteiger partial charge in [-0.05, 0) is 26.3 Å². The summed E-state index contributed by atoms with van der Waals surface area (Å²) in [6.45, 7) is 5.43. The second-order valence-electron chi connectivity index (χ2n) is 6.51. The van der Waals surface area contributed by atoms with Crippen molar-refractivity contribution < 1.29 is 4.79 Å². The van der Waals surface area contributed by atoms with E-state index in [1.807, 2.05) is 19.0 Å². The number of amides is 1. The maximum Gasteiger partial charge on any atom is 0.240 e. The second kappa shape index (κ2) is 6.23. The van der Waals surface area contributed by atoms with Crippen LogP contribution in [0.1, 0.15) is 46.0 Å². The molecule has 0 bridgehead atoms. The van der Waals surface area contributed by atoms with Gasteiger partial charge >= 0.3 is 0 Å². The van der Waals surface area contributed by atoms with Gasteiger partial charge in [-0.15, -0.1) is 0 Å². The first kappa shape index (κ1) is 14.8. The maximum absolute atomic E-state index is 12.5. The van der Waals surface area contributed by atoms with Crippen LogP contribution in [0.2, 0.25) is 0 Å². The van der Waals surface area contributed by atoms with Crippen molar-refractivity contribution in [2.75, 3.05) is 20.6 Å². The van der Waals surface area contributed by atoms with Crippen molar-refractivity contribution in [3.05, 3.63) is 0 Å². The summed E-state index contributed by atoms with van der Waals surface area (Å²) in [6.07, 6.45) is 5.89. The van der Waals surface area contributed by atoms with E-state index in [0.29, 0.717) is 24.0 Å². The van der Waals surface area contributed by atoms with Crippen LogP contribution in [-0.4, -0.2) is 60.5 Å². The standard InChI is InChI=1S/C15H29N3O/c1-11(2)16-12-7-5-6-8-13(12)18(4)15(19)14-9-10-17(14)3/h11-14,16H,5-10H2,1-4H3/t12-,13-,14+/m0/s1. The minimum atomic E-state index is 0.131. The molecule has 1 amide bonds. The molecule has 1 aliphatic carbocycles. The first-order valence-corrected chi connectivity index (χ1v) is 7.73. The molecule has 1 heterocycles. The van der Waals surface area contributed by atoms with Crippen molar-refractivity contribution in [2.24, 2.45) is 0 Å². The van der Waals surface area contributed by atoms with Crippen molar-refractivity contribution in [3.8, 4) is 0 Å². The number of nitrogens with zero attached hydrogens (tertiary/aromatic N) is 2. The molecule has 0 radical (unpaired) electrons. The van der Waals surface area contributed by atoms with E-state index in [1.165, 1.54) is 19.3 Å². The molecule has 0 aromatic rings. The maximum atomic E-state index is 12.5. The molecule has 1 saturated heterocycles. The third-order valence-electron chi connectivity index (χ3n) is 4.69. The zero-order valence-corrected chi connectivity index (χ0v) is 12.9. The van der Waals surface area contributed by atoms with Gasteiger partial charge in [0.25, 0.3) is 0 Å². The van der Waals surface area contributed by atoms with Crippen LogP contribution in [0.25, 0.3) is 0 Å². The lowest BCUT2D eigenvalue weighted by atomic mass is 9.88. The van der Waals surface area contributed by atoms with Crippen molar-refractivity contribution in [2.45, 2.75) is 70.1 Å². The Hall–Kier alpha value is -0.610. The molecule has 2 rings (SSSR count). The fraction of sp³-hybridized carbons (Fsp3) is 0.933. The average Bonchev–Trinajstić information content (AvgIpc) is 2.36. The first-order valence-electron chi connectivity index (χ1n) is 7.73. The average molecular weight is 267 g/mol. The zero-order chi connectivity index (χ0) is 14.0. The van der Waals surface area contributed by atoms with Gasteiger partial charge < -0.3 is 10.2 Å². The number of rotatable bonds is 4. The third kappa shape index (κ3) is 3.29. The highest BCUT2D eigenvalue weighted by molar-refractivity contribution is 5.82. The van der Waals surface area contributed by atoms with Gasteiger partial charge in [0.15, 0.2) is 0 Å². The first-order chi connectivity index (χ1) is 9.00. The van der Waals surface area contributed by atoms with E-state index in [-0.39, 0.29) is 6.04 Å². The molecule has 0 spiro atoms. The lowest BCUT2D eigenvalue weighted by Crippen LogP contribution is -2.60. The summed E-state index contributed by atoms with van der Waals surface area (Å²) in [7, 11) is 4.05. The van der Waals surface area contributed by atoms with E-state index in [0.717, 1.165) is 19.4 Å². The predicted molar refractivity (Wildman–Crippen MR) is 78.1 cm³/mol. The van der Waals surface area contributed by atoms with E-state index in [2.05, 4.69) is 24.1 Å². The minimum Gasteiger partial charge on any atom is -0.340 e. The Balaban J connectivity index is 1.98. The molecular formula is C15H29N3O. The van der Waals surface area contributed by atoms with Crippen LogP contribution < -0.4 is 5.32 Å². The molecule has 3 atom stereocenters. The van der Waals surface area contributed by atoms with Gasteiger partial charge in [-0.3, -0.25) is 9.69 Å². The van der Waals surface area contributed by atoms with Crippen molar-refractivity contribution >= 4 is 5.91 Å². The Bertz CT molecular complexity index is 319. The van der Waals surface area contributed by atoms with Crippen LogP contribution in [0.3, 0.4) is 0 Å². The molecule has 2 fully saturated rings. The van der Waals surface area contributed by atoms with E-state index < -0.39 is 0 Å². The highest BCUT2D eigenvalue weighted by atomic mass is 16.2. The Morgan fingerprint density at radius 2 is 1.95 bits per heavy atom. The highest BCUT2D eigenvalue weighted by Gasteiger charge is 2.38. The molecule has 0 aromatic heterocycles. The SMILES string of the molecule is CC(C)N[C@H]1CCCC[C@@H]1N(C)C(=O)[C@H]1CCN1C. The number of carbonyl (C=O) groups is 1. The van der Waals surface area contributed by atoms with E-state index >= 15 is 0 Å². The van der Waals surface area contributed by atoms with Crippen molar-refractivity contribution in [3.63, 3.8) is 0 Å². The molecule has 4 nitrogen and oxygen atoms in total. The lowest BCUT2D eigenvalue weighted by Gasteiger charge is -2.44. The molecule has 0 unspecified atom stereocenters. The summed E-state index contributed by atoms with van der Waals surface area (Å²) in [5.74, 6) is 0.316. The van der Waals surface area contributed by atoms with Crippen molar-refractivity contribution in [1.29, 1.82) is 0 Å². The van der Waals surface area contributed by atoms with Crippen LogP contribution in [0.5, 0.6) is 0 Å². The lowest BCUT2D eigenvalue weighted by molar-refractivity contribution is -0.142. The van der Waals surface area contributed by atoms with Gasteiger partial charge in [-0.25, -0.2) is 0 Å². The zero-order valence-electron chi connectivity index (χ0n) is 12.9. The summed E-state index contributed by atoms with van der Waals surface area (Å²) in [5, 5.41) is 3.65. The predicted octanol–water partition coefficient (Wildman–Crippen LogP) is 1.46. The summed E-state index contributed by atoms with van der Waals surface area (Å²) in [6, 6.07) is 1.46. The molecule has 19 heavy (non-hydrogen) atoms. The Morgan fingerprint density at radius 3 is 2.47 bits per heavy atom. The van der Waals surface area contributed by atoms with Gasteiger partial charge in [0.05, 0.1) is 6.04 Å². The second-order valence-corrected chi connectivity index (χ2v) is 6.51. The molecule has 0 aromatic carbocycles. The quantitative estimate of drug-likeness (QED) is 0.837. The molecular weight excluding hydrogens is 238 g/mol. The number of hydrogen-bond acceptors (Lipinski definition) is 3. The molecule has 1 N–H and O–H groups in total. The molecule has 4 heteroatoms. The fourth-order valence-corrected chi connectivity index (χ4v) is 3.42. The Labute approximate surface area is 117 Å². The van der Waals surface area contributed by atoms with Gasteiger partial charge in [-0.2, -0.15) is 0 Å². The van der Waals surface area contributed by atoms with Crippen LogP contribution in [0.15, 0.2) is 0 Å². The molecule has 1 aliphatic heterocycles.